The van der Waals surface area contributed by atoms with E-state index >= 15 is 8.78 Å². The number of benzene rings is 2. The summed E-state index contributed by atoms with van der Waals surface area (Å²) in [7, 11) is -8.62. The Kier molecular flexibility index (Phi) is 15.1. The van der Waals surface area contributed by atoms with Gasteiger partial charge >= 0.3 is 12.4 Å². The number of fused-ring (bicyclic) bond motifs is 2. The van der Waals surface area contributed by atoms with E-state index in [1.54, 1.807) is 4.90 Å². The second-order valence-electron chi connectivity index (χ2n) is 18.6. The number of pyridine rings is 1. The van der Waals surface area contributed by atoms with Gasteiger partial charge in [-0.25, -0.2) is 30.6 Å². The van der Waals surface area contributed by atoms with Gasteiger partial charge in [0.15, 0.2) is 21.3 Å². The molecule has 3 atom stereocenters. The first-order valence-corrected chi connectivity index (χ1v) is 26.5. The van der Waals surface area contributed by atoms with E-state index in [1.165, 1.54) is 26.0 Å². The molecule has 5 aromatic rings. The molecule has 0 bridgehead atoms. The highest BCUT2D eigenvalue weighted by Crippen LogP contribution is 2.55. The van der Waals surface area contributed by atoms with Gasteiger partial charge in [-0.15, -0.1) is 0 Å². The third-order valence-electron chi connectivity index (χ3n) is 12.8. The Morgan fingerprint density at radius 3 is 2.12 bits per heavy atom. The number of halogens is 11. The fourth-order valence-corrected chi connectivity index (χ4v) is 10.1. The number of sulfonamides is 1. The van der Waals surface area contributed by atoms with Crippen molar-refractivity contribution in [2.75, 3.05) is 49.5 Å². The number of piperazine rings is 1. The zero-order valence-electron chi connectivity index (χ0n) is 40.0. The van der Waals surface area contributed by atoms with Gasteiger partial charge in [0.25, 0.3) is 11.8 Å². The highest BCUT2D eigenvalue weighted by atomic mass is 35.5. The van der Waals surface area contributed by atoms with Crippen molar-refractivity contribution in [2.45, 2.75) is 82.2 Å². The average Bonchev–Trinajstić information content (AvgIpc) is 3.88. The molecule has 2 N–H and O–H groups in total. The van der Waals surface area contributed by atoms with E-state index in [4.69, 9.17) is 11.6 Å². The minimum atomic E-state index is -5.25. The number of carbonyl (C=O) groups excluding carboxylic acids is 2. The summed E-state index contributed by atoms with van der Waals surface area (Å²) >= 11 is 6.71. The first-order chi connectivity index (χ1) is 34.1. The predicted octanol–water partition coefficient (Wildman–Crippen LogP) is 7.13. The fourth-order valence-electron chi connectivity index (χ4n) is 8.75. The van der Waals surface area contributed by atoms with Crippen molar-refractivity contribution in [1.82, 2.24) is 40.1 Å². The van der Waals surface area contributed by atoms with E-state index in [2.05, 4.69) is 37.7 Å². The van der Waals surface area contributed by atoms with Crippen molar-refractivity contribution in [3.8, 4) is 23.0 Å². The molecule has 1 aliphatic heterocycles. The molecule has 0 unspecified atom stereocenters. The fraction of sp³-hybridized carbons (Fsp3) is 0.457. The van der Waals surface area contributed by atoms with Gasteiger partial charge < -0.3 is 10.6 Å². The summed E-state index contributed by atoms with van der Waals surface area (Å²) in [5, 5.41) is 12.0. The molecule has 74 heavy (non-hydrogen) atoms. The quantitative estimate of drug-likeness (QED) is 0.0905. The van der Waals surface area contributed by atoms with Crippen LogP contribution in [-0.4, -0.2) is 114 Å². The Hall–Kier alpha value is -5.82. The van der Waals surface area contributed by atoms with E-state index in [1.807, 2.05) is 0 Å². The molecule has 1 fully saturated rings. The number of anilines is 1. The van der Waals surface area contributed by atoms with E-state index in [0.717, 1.165) is 44.4 Å². The van der Waals surface area contributed by atoms with E-state index in [9.17, 15) is 61.5 Å². The summed E-state index contributed by atoms with van der Waals surface area (Å²) in [6.45, 7) is 2.32. The van der Waals surface area contributed by atoms with Gasteiger partial charge in [0.05, 0.1) is 40.5 Å². The number of amides is 2. The first kappa shape index (κ1) is 55.9. The third-order valence-corrected chi connectivity index (χ3v) is 16.1. The van der Waals surface area contributed by atoms with Crippen LogP contribution < -0.4 is 14.9 Å². The van der Waals surface area contributed by atoms with Gasteiger partial charge in [0.1, 0.15) is 40.9 Å². The number of hydrogen-bond acceptors (Lipinski definition) is 11. The molecule has 0 radical (unpaired) electrons. The molecule has 2 amide bonds. The zero-order chi connectivity index (χ0) is 54.8. The topological polar surface area (TPSA) is 181 Å². The van der Waals surface area contributed by atoms with Gasteiger partial charge in [0.2, 0.25) is 15.9 Å². The number of rotatable bonds is 13. The van der Waals surface area contributed by atoms with Gasteiger partial charge in [-0.05, 0) is 68.0 Å². The minimum absolute atomic E-state index is 0.187. The van der Waals surface area contributed by atoms with E-state index in [-0.39, 0.29) is 31.4 Å². The van der Waals surface area contributed by atoms with Crippen LogP contribution in [0.3, 0.4) is 0 Å². The molecule has 2 aromatic carbocycles. The summed E-state index contributed by atoms with van der Waals surface area (Å²) in [5.74, 6) is -7.43. The zero-order valence-corrected chi connectivity index (χ0v) is 42.4. The molecule has 28 heteroatoms. The smallest absolute Gasteiger partial charge is 0.346 e. The lowest BCUT2D eigenvalue weighted by molar-refractivity contribution is -0.143. The maximum atomic E-state index is 15.8. The first-order valence-electron chi connectivity index (χ1n) is 22.4. The maximum absolute atomic E-state index is 15.8. The SMILES string of the molecule is C[C@@H]1c2c(C(F)(F)F)nn(CC(=O)N[C@@H](Cc3cc(F)cc(F)c3)c3nc(C#CC(C)(C)S(C)(=O)=O)ccc3-c3ccc(Cl)c4c(N(C(=O)CN5CCNCC5)S(C)(=O)=O)nn(CC(F)(F)F)c34)c2C(F)(F)[C@@H]1C. The van der Waals surface area contributed by atoms with Crippen LogP contribution >= 0.6 is 11.6 Å². The summed E-state index contributed by atoms with van der Waals surface area (Å²) < 4.78 is 200. The van der Waals surface area contributed by atoms with E-state index < -0.39 is 155 Å². The number of nitrogens with one attached hydrogen (secondary N) is 2. The minimum Gasteiger partial charge on any atom is -0.346 e. The van der Waals surface area contributed by atoms with Gasteiger partial charge in [0, 0.05) is 61.1 Å². The van der Waals surface area contributed by atoms with Crippen molar-refractivity contribution in [2.24, 2.45) is 5.92 Å². The van der Waals surface area contributed by atoms with Crippen molar-refractivity contribution in [1.29, 1.82) is 0 Å². The molecule has 3 aromatic heterocycles. The van der Waals surface area contributed by atoms with Crippen molar-refractivity contribution < 1.29 is 70.3 Å². The number of hydrogen-bond donors (Lipinski definition) is 2. The van der Waals surface area contributed by atoms with Crippen LogP contribution in [0.15, 0.2) is 42.5 Å². The number of aromatic nitrogens is 5. The van der Waals surface area contributed by atoms with Crippen LogP contribution in [0.2, 0.25) is 5.02 Å². The lowest BCUT2D eigenvalue weighted by Crippen LogP contribution is -2.49. The molecule has 7 rings (SSSR count). The van der Waals surface area contributed by atoms with Gasteiger partial charge in [-0.2, -0.15) is 49.6 Å². The molecule has 15 nitrogen and oxygen atoms in total. The van der Waals surface area contributed by atoms with Crippen LogP contribution in [0.1, 0.15) is 73.6 Å². The Morgan fingerprint density at radius 1 is 0.919 bits per heavy atom. The highest BCUT2D eigenvalue weighted by molar-refractivity contribution is 7.93. The summed E-state index contributed by atoms with van der Waals surface area (Å²) in [6.07, 6.45) is -9.55. The predicted molar refractivity (Wildman–Crippen MR) is 251 cm³/mol. The standard InChI is InChI=1S/C46H46ClF10N9O6S2/c1-24-25(2)45(53,54)41-36(24)40(46(55,56)57)61-64(41)21-34(67)60-33(19-26-17-27(48)20-28(49)18-26)38-30(8-7-29(59-38)11-12-43(3,4)73(5,69)70)31-9-10-32(47)37-39(31)65(23-44(50,51)52)62-42(37)66(74(6,71)72)35(68)22-63-15-13-58-14-16-63/h7-10,17-18,20,24-25,33,58H,13-16,19,21-23H2,1-6H3,(H,60,67)/t24-,25+,33-/m0/s1. The Morgan fingerprint density at radius 2 is 1.54 bits per heavy atom. The summed E-state index contributed by atoms with van der Waals surface area (Å²) in [6, 6.07) is 4.97. The van der Waals surface area contributed by atoms with Crippen LogP contribution in [0.4, 0.5) is 49.7 Å². The summed E-state index contributed by atoms with van der Waals surface area (Å²) in [5.41, 5.74) is -5.84. The molecule has 1 aliphatic carbocycles. The van der Waals surface area contributed by atoms with Crippen molar-refractivity contribution in [3.63, 3.8) is 0 Å². The monoisotopic (exact) mass is 1110 g/mol. The number of carbonyl (C=O) groups is 2. The molecule has 2 aliphatic rings. The molecular formula is C46H46ClF10N9O6S2. The molecule has 0 saturated carbocycles. The van der Waals surface area contributed by atoms with Crippen LogP contribution in [-0.2, 0) is 61.1 Å². The molecular weight excluding hydrogens is 1060 g/mol. The molecule has 0 spiro atoms. The lowest BCUT2D eigenvalue weighted by Gasteiger charge is -2.28. The third kappa shape index (κ3) is 11.5. The number of sulfone groups is 1. The van der Waals surface area contributed by atoms with E-state index in [0.29, 0.717) is 43.2 Å². The van der Waals surface area contributed by atoms with Crippen LogP contribution in [0, 0.1) is 29.4 Å². The van der Waals surface area contributed by atoms with Crippen LogP contribution in [0.5, 0.6) is 0 Å². The van der Waals surface area contributed by atoms with Gasteiger partial charge in [-0.3, -0.25) is 23.9 Å². The molecule has 1 saturated heterocycles. The van der Waals surface area contributed by atoms with Gasteiger partial charge in [-0.1, -0.05) is 37.4 Å². The maximum Gasteiger partial charge on any atom is 0.435 e. The number of nitrogens with zero attached hydrogens (tertiary/aromatic N) is 7. The van der Waals surface area contributed by atoms with Crippen molar-refractivity contribution >= 4 is 60.0 Å². The summed E-state index contributed by atoms with van der Waals surface area (Å²) in [4.78, 5) is 34.4. The van der Waals surface area contributed by atoms with Crippen LogP contribution in [0.25, 0.3) is 22.0 Å². The Bertz CT molecular complexity index is 3330. The Labute approximate surface area is 422 Å². The lowest BCUT2D eigenvalue weighted by atomic mass is 9.93. The average molecular weight is 1110 g/mol. The van der Waals surface area contributed by atoms with Crippen molar-refractivity contribution in [3.05, 3.63) is 93.0 Å². The molecule has 4 heterocycles. The second-order valence-corrected chi connectivity index (χ2v) is 23.4. The second kappa shape index (κ2) is 20.0. The highest BCUT2D eigenvalue weighted by Gasteiger charge is 2.57. The normalized spacial score (nSPS) is 18.0. The number of alkyl halides is 8. The molecule has 400 valence electrons. The largest absolute Gasteiger partial charge is 0.435 e. The Balaban J connectivity index is 1.49.